The van der Waals surface area contributed by atoms with Gasteiger partial charge in [-0.2, -0.15) is 0 Å². The zero-order valence-electron chi connectivity index (χ0n) is 12.8. The van der Waals surface area contributed by atoms with Crippen molar-refractivity contribution < 1.29 is 14.7 Å². The SMILES string of the molecule is CC.CC(C)NC(=O)c1cccc2cc(C(=O)O)ccc12. The Morgan fingerprint density at radius 2 is 1.76 bits per heavy atom. The lowest BCUT2D eigenvalue weighted by atomic mass is 10.0. The molecule has 1 amide bonds. The van der Waals surface area contributed by atoms with Crippen molar-refractivity contribution in [3.8, 4) is 0 Å². The maximum absolute atomic E-state index is 12.1. The van der Waals surface area contributed by atoms with E-state index in [9.17, 15) is 9.59 Å². The lowest BCUT2D eigenvalue weighted by Crippen LogP contribution is -2.30. The molecule has 112 valence electrons. The Morgan fingerprint density at radius 1 is 1.10 bits per heavy atom. The van der Waals surface area contributed by atoms with Gasteiger partial charge < -0.3 is 10.4 Å². The van der Waals surface area contributed by atoms with Crippen molar-refractivity contribution in [3.05, 3.63) is 47.5 Å². The highest BCUT2D eigenvalue weighted by Gasteiger charge is 2.12. The van der Waals surface area contributed by atoms with Crippen molar-refractivity contribution in [2.24, 2.45) is 0 Å². The van der Waals surface area contributed by atoms with Crippen LogP contribution in [0.5, 0.6) is 0 Å². The Morgan fingerprint density at radius 3 is 2.33 bits per heavy atom. The van der Waals surface area contributed by atoms with Crippen molar-refractivity contribution in [2.75, 3.05) is 0 Å². The van der Waals surface area contributed by atoms with Crippen LogP contribution >= 0.6 is 0 Å². The third kappa shape index (κ3) is 4.05. The maximum Gasteiger partial charge on any atom is 0.335 e. The fourth-order valence-electron chi connectivity index (χ4n) is 1.95. The van der Waals surface area contributed by atoms with Gasteiger partial charge in [-0.25, -0.2) is 4.79 Å². The molecule has 2 aromatic carbocycles. The number of carbonyl (C=O) groups excluding carboxylic acids is 1. The van der Waals surface area contributed by atoms with Crippen LogP contribution < -0.4 is 5.32 Å². The van der Waals surface area contributed by atoms with Crippen molar-refractivity contribution in [3.63, 3.8) is 0 Å². The monoisotopic (exact) mass is 287 g/mol. The van der Waals surface area contributed by atoms with Gasteiger partial charge in [0.1, 0.15) is 0 Å². The molecule has 2 rings (SSSR count). The molecule has 0 unspecified atom stereocenters. The van der Waals surface area contributed by atoms with E-state index in [0.717, 1.165) is 10.8 Å². The van der Waals surface area contributed by atoms with Crippen LogP contribution in [0.15, 0.2) is 36.4 Å². The van der Waals surface area contributed by atoms with E-state index in [4.69, 9.17) is 5.11 Å². The Kier molecular flexibility index (Phi) is 5.91. The van der Waals surface area contributed by atoms with Gasteiger partial charge in [-0.05, 0) is 42.8 Å². The second kappa shape index (κ2) is 7.43. The van der Waals surface area contributed by atoms with Crippen LogP contribution in [0.2, 0.25) is 0 Å². The molecule has 0 spiro atoms. The lowest BCUT2D eigenvalue weighted by molar-refractivity contribution is 0.0696. The van der Waals surface area contributed by atoms with Crippen molar-refractivity contribution in [2.45, 2.75) is 33.7 Å². The van der Waals surface area contributed by atoms with Gasteiger partial charge in [0.2, 0.25) is 0 Å². The minimum atomic E-state index is -0.973. The molecular weight excluding hydrogens is 266 g/mol. The van der Waals surface area contributed by atoms with Gasteiger partial charge in [-0.1, -0.05) is 32.0 Å². The Hall–Kier alpha value is -2.36. The van der Waals surface area contributed by atoms with Gasteiger partial charge in [0.25, 0.3) is 5.91 Å². The van der Waals surface area contributed by atoms with Crippen LogP contribution in [0.25, 0.3) is 10.8 Å². The average molecular weight is 287 g/mol. The van der Waals surface area contributed by atoms with Crippen LogP contribution in [-0.2, 0) is 0 Å². The highest BCUT2D eigenvalue weighted by atomic mass is 16.4. The van der Waals surface area contributed by atoms with Gasteiger partial charge in [0.05, 0.1) is 5.56 Å². The number of benzene rings is 2. The Bertz CT molecular complexity index is 648. The second-order valence-electron chi connectivity index (χ2n) is 4.67. The quantitative estimate of drug-likeness (QED) is 0.904. The number of fused-ring (bicyclic) bond motifs is 1. The number of amides is 1. The number of carbonyl (C=O) groups is 2. The van der Waals surface area contributed by atoms with Gasteiger partial charge in [0, 0.05) is 11.6 Å². The summed E-state index contributed by atoms with van der Waals surface area (Å²) in [5.41, 5.74) is 0.775. The van der Waals surface area contributed by atoms with Crippen LogP contribution in [0, 0.1) is 0 Å². The number of rotatable bonds is 3. The van der Waals surface area contributed by atoms with Crippen molar-refractivity contribution in [1.82, 2.24) is 5.32 Å². The molecule has 0 aliphatic heterocycles. The van der Waals surface area contributed by atoms with Gasteiger partial charge in [-0.15, -0.1) is 0 Å². The summed E-state index contributed by atoms with van der Waals surface area (Å²) in [5.74, 6) is -1.12. The van der Waals surface area contributed by atoms with E-state index in [-0.39, 0.29) is 17.5 Å². The molecule has 0 aromatic heterocycles. The molecule has 0 fully saturated rings. The first-order valence-corrected chi connectivity index (χ1v) is 7.06. The minimum Gasteiger partial charge on any atom is -0.478 e. The number of hydrogen-bond acceptors (Lipinski definition) is 2. The van der Waals surface area contributed by atoms with Crippen molar-refractivity contribution >= 4 is 22.6 Å². The Labute approximate surface area is 124 Å². The molecule has 2 N–H and O–H groups in total. The standard InChI is InChI=1S/C15H15NO3.C2H6/c1-9(2)16-14(17)13-5-3-4-10-8-11(15(18)19)6-7-12(10)13;1-2/h3-9H,1-2H3,(H,16,17)(H,18,19);1-2H3. The third-order valence-corrected chi connectivity index (χ3v) is 2.79. The van der Waals surface area contributed by atoms with E-state index in [1.165, 1.54) is 6.07 Å². The summed E-state index contributed by atoms with van der Waals surface area (Å²) < 4.78 is 0. The summed E-state index contributed by atoms with van der Waals surface area (Å²) >= 11 is 0. The molecule has 0 bridgehead atoms. The smallest absolute Gasteiger partial charge is 0.335 e. The molecule has 0 heterocycles. The van der Waals surface area contributed by atoms with E-state index in [2.05, 4.69) is 5.32 Å². The van der Waals surface area contributed by atoms with Gasteiger partial charge >= 0.3 is 5.97 Å². The van der Waals surface area contributed by atoms with E-state index >= 15 is 0 Å². The molecule has 4 nitrogen and oxygen atoms in total. The molecule has 0 atom stereocenters. The summed E-state index contributed by atoms with van der Waals surface area (Å²) in [6.07, 6.45) is 0. The molecule has 0 saturated carbocycles. The molecular formula is C17H21NO3. The number of nitrogens with one attached hydrogen (secondary N) is 1. The lowest BCUT2D eigenvalue weighted by Gasteiger charge is -2.10. The number of aromatic carboxylic acids is 1. The summed E-state index contributed by atoms with van der Waals surface area (Å²) in [6, 6.07) is 10.1. The first-order chi connectivity index (χ1) is 9.99. The van der Waals surface area contributed by atoms with Crippen LogP contribution in [-0.4, -0.2) is 23.0 Å². The predicted molar refractivity (Wildman–Crippen MR) is 84.9 cm³/mol. The molecule has 2 aromatic rings. The van der Waals surface area contributed by atoms with Crippen LogP contribution in [0.4, 0.5) is 0 Å². The third-order valence-electron chi connectivity index (χ3n) is 2.79. The van der Waals surface area contributed by atoms with Crippen LogP contribution in [0.3, 0.4) is 0 Å². The topological polar surface area (TPSA) is 66.4 Å². The van der Waals surface area contributed by atoms with E-state index in [0.29, 0.717) is 5.56 Å². The number of hydrogen-bond donors (Lipinski definition) is 2. The molecule has 4 heteroatoms. The normalized spacial score (nSPS) is 9.95. The van der Waals surface area contributed by atoms with E-state index < -0.39 is 5.97 Å². The molecule has 0 radical (unpaired) electrons. The van der Waals surface area contributed by atoms with Gasteiger partial charge in [-0.3, -0.25) is 4.79 Å². The average Bonchev–Trinajstić information content (AvgIpc) is 2.47. The predicted octanol–water partition coefficient (Wildman–Crippen LogP) is 3.70. The summed E-state index contributed by atoms with van der Waals surface area (Å²) in [4.78, 5) is 23.0. The summed E-state index contributed by atoms with van der Waals surface area (Å²) in [7, 11) is 0. The minimum absolute atomic E-state index is 0.0565. The molecule has 21 heavy (non-hydrogen) atoms. The largest absolute Gasteiger partial charge is 0.478 e. The molecule has 0 aliphatic rings. The highest BCUT2D eigenvalue weighted by Crippen LogP contribution is 2.20. The molecule has 0 aliphatic carbocycles. The summed E-state index contributed by atoms with van der Waals surface area (Å²) in [6.45, 7) is 7.79. The van der Waals surface area contributed by atoms with Crippen molar-refractivity contribution in [1.29, 1.82) is 0 Å². The first kappa shape index (κ1) is 16.7. The fraction of sp³-hybridized carbons (Fsp3) is 0.294. The highest BCUT2D eigenvalue weighted by molar-refractivity contribution is 6.08. The van der Waals surface area contributed by atoms with Crippen LogP contribution in [0.1, 0.15) is 48.4 Å². The fourth-order valence-corrected chi connectivity index (χ4v) is 1.95. The zero-order valence-corrected chi connectivity index (χ0v) is 12.8. The summed E-state index contributed by atoms with van der Waals surface area (Å²) in [5, 5.41) is 13.3. The maximum atomic E-state index is 12.1. The number of carboxylic acids is 1. The van der Waals surface area contributed by atoms with Gasteiger partial charge in [0.15, 0.2) is 0 Å². The second-order valence-corrected chi connectivity index (χ2v) is 4.67. The Balaban J connectivity index is 0.00000106. The molecule has 0 saturated heterocycles. The number of carboxylic acid groups (broad SMARTS) is 1. The zero-order chi connectivity index (χ0) is 16.0. The first-order valence-electron chi connectivity index (χ1n) is 7.06. The van der Waals surface area contributed by atoms with E-state index in [1.54, 1.807) is 30.3 Å². The van der Waals surface area contributed by atoms with E-state index in [1.807, 2.05) is 27.7 Å².